The molecule has 0 aliphatic rings. The summed E-state index contributed by atoms with van der Waals surface area (Å²) < 4.78 is 6.95. The minimum absolute atomic E-state index is 0.0527. The van der Waals surface area contributed by atoms with E-state index in [-0.39, 0.29) is 5.69 Å². The number of aromatic amines is 2. The SMILES string of the molecule is CCn1nc(C)c(CN(CCOC)C(=O)c2cc(=O)[nH]c(=O)[nH]2)c1C. The Labute approximate surface area is 144 Å². The Balaban J connectivity index is 2.36. The van der Waals surface area contributed by atoms with Crippen molar-refractivity contribution >= 4 is 5.91 Å². The first-order chi connectivity index (χ1) is 11.9. The van der Waals surface area contributed by atoms with Crippen LogP contribution in [0.2, 0.25) is 0 Å². The van der Waals surface area contributed by atoms with Gasteiger partial charge < -0.3 is 14.6 Å². The molecule has 0 aliphatic heterocycles. The van der Waals surface area contributed by atoms with Gasteiger partial charge in [0, 0.05) is 44.1 Å². The largest absolute Gasteiger partial charge is 0.383 e. The molecule has 9 nitrogen and oxygen atoms in total. The highest BCUT2D eigenvalue weighted by Gasteiger charge is 2.21. The highest BCUT2D eigenvalue weighted by atomic mass is 16.5. The van der Waals surface area contributed by atoms with E-state index in [0.29, 0.717) is 19.7 Å². The van der Waals surface area contributed by atoms with Gasteiger partial charge in [-0.15, -0.1) is 0 Å². The number of methoxy groups -OCH3 is 1. The summed E-state index contributed by atoms with van der Waals surface area (Å²) in [4.78, 5) is 41.7. The number of nitrogens with zero attached hydrogens (tertiary/aromatic N) is 3. The molecule has 0 fully saturated rings. The normalized spacial score (nSPS) is 10.9. The van der Waals surface area contributed by atoms with E-state index < -0.39 is 17.2 Å². The van der Waals surface area contributed by atoms with Gasteiger partial charge >= 0.3 is 5.69 Å². The van der Waals surface area contributed by atoms with E-state index in [1.165, 1.54) is 4.90 Å². The summed E-state index contributed by atoms with van der Waals surface area (Å²) in [5, 5.41) is 4.46. The second kappa shape index (κ2) is 7.93. The maximum absolute atomic E-state index is 12.8. The Hall–Kier alpha value is -2.68. The van der Waals surface area contributed by atoms with Crippen molar-refractivity contribution in [2.45, 2.75) is 33.9 Å². The van der Waals surface area contributed by atoms with Gasteiger partial charge in [0.1, 0.15) is 5.69 Å². The first-order valence-electron chi connectivity index (χ1n) is 8.02. The molecule has 2 rings (SSSR count). The predicted octanol–water partition coefficient (Wildman–Crippen LogP) is 0.185. The van der Waals surface area contributed by atoms with Gasteiger partial charge in [0.05, 0.1) is 12.3 Å². The van der Waals surface area contributed by atoms with E-state index in [4.69, 9.17) is 4.74 Å². The third kappa shape index (κ3) is 4.24. The average molecular weight is 349 g/mol. The third-order valence-electron chi connectivity index (χ3n) is 4.02. The Morgan fingerprint density at radius 2 is 2.04 bits per heavy atom. The highest BCUT2D eigenvalue weighted by Crippen LogP contribution is 2.16. The van der Waals surface area contributed by atoms with Crippen LogP contribution in [0.4, 0.5) is 0 Å². The molecule has 0 atom stereocenters. The zero-order chi connectivity index (χ0) is 18.6. The lowest BCUT2D eigenvalue weighted by Crippen LogP contribution is -2.36. The molecular weight excluding hydrogens is 326 g/mol. The Morgan fingerprint density at radius 1 is 1.32 bits per heavy atom. The number of aryl methyl sites for hydroxylation is 2. The van der Waals surface area contributed by atoms with Gasteiger partial charge in [0.25, 0.3) is 11.5 Å². The minimum Gasteiger partial charge on any atom is -0.383 e. The molecule has 25 heavy (non-hydrogen) atoms. The van der Waals surface area contributed by atoms with Crippen LogP contribution in [0.1, 0.15) is 34.4 Å². The molecule has 0 radical (unpaired) electrons. The van der Waals surface area contributed by atoms with Crippen LogP contribution in [0, 0.1) is 13.8 Å². The Kier molecular flexibility index (Phi) is 5.92. The van der Waals surface area contributed by atoms with Crippen LogP contribution in [0.3, 0.4) is 0 Å². The molecular formula is C16H23N5O4. The average Bonchev–Trinajstić information content (AvgIpc) is 2.84. The van der Waals surface area contributed by atoms with E-state index in [0.717, 1.165) is 29.6 Å². The summed E-state index contributed by atoms with van der Waals surface area (Å²) in [6, 6.07) is 1.08. The van der Waals surface area contributed by atoms with Gasteiger partial charge in [0.15, 0.2) is 0 Å². The molecule has 0 unspecified atom stereocenters. The lowest BCUT2D eigenvalue weighted by Gasteiger charge is -2.22. The molecule has 0 spiro atoms. The Bertz CT molecular complexity index is 836. The zero-order valence-corrected chi connectivity index (χ0v) is 14.9. The van der Waals surface area contributed by atoms with E-state index in [1.807, 2.05) is 25.5 Å². The van der Waals surface area contributed by atoms with Gasteiger partial charge in [0.2, 0.25) is 0 Å². The van der Waals surface area contributed by atoms with Crippen LogP contribution in [0.5, 0.6) is 0 Å². The van der Waals surface area contributed by atoms with E-state index in [9.17, 15) is 14.4 Å². The number of rotatable bonds is 7. The molecule has 0 saturated carbocycles. The fraction of sp³-hybridized carbons (Fsp3) is 0.500. The van der Waals surface area contributed by atoms with Crippen molar-refractivity contribution in [3.8, 4) is 0 Å². The van der Waals surface area contributed by atoms with Crippen LogP contribution in [-0.2, 0) is 17.8 Å². The summed E-state index contributed by atoms with van der Waals surface area (Å²) in [6.07, 6.45) is 0. The molecule has 0 aliphatic carbocycles. The van der Waals surface area contributed by atoms with Crippen molar-refractivity contribution in [1.29, 1.82) is 0 Å². The van der Waals surface area contributed by atoms with Crippen LogP contribution in [0.15, 0.2) is 15.7 Å². The maximum Gasteiger partial charge on any atom is 0.326 e. The van der Waals surface area contributed by atoms with Crippen molar-refractivity contribution in [2.24, 2.45) is 0 Å². The number of H-pyrrole nitrogens is 2. The first-order valence-corrected chi connectivity index (χ1v) is 8.02. The first kappa shape index (κ1) is 18.7. The second-order valence-electron chi connectivity index (χ2n) is 5.69. The summed E-state index contributed by atoms with van der Waals surface area (Å²) >= 11 is 0. The lowest BCUT2D eigenvalue weighted by molar-refractivity contribution is 0.0673. The third-order valence-corrected chi connectivity index (χ3v) is 4.02. The number of ether oxygens (including phenoxy) is 1. The minimum atomic E-state index is -0.714. The molecule has 0 aromatic carbocycles. The molecule has 2 heterocycles. The van der Waals surface area contributed by atoms with Crippen molar-refractivity contribution < 1.29 is 9.53 Å². The van der Waals surface area contributed by atoms with E-state index in [2.05, 4.69) is 15.1 Å². The molecule has 2 aromatic heterocycles. The molecule has 0 saturated heterocycles. The van der Waals surface area contributed by atoms with Crippen LogP contribution in [0.25, 0.3) is 0 Å². The Morgan fingerprint density at radius 3 is 2.60 bits per heavy atom. The number of carbonyl (C=O) groups excluding carboxylic acids is 1. The topological polar surface area (TPSA) is 113 Å². The summed E-state index contributed by atoms with van der Waals surface area (Å²) in [5.74, 6) is -0.441. The maximum atomic E-state index is 12.8. The van der Waals surface area contributed by atoms with Gasteiger partial charge in [-0.25, -0.2) is 4.79 Å². The van der Waals surface area contributed by atoms with E-state index >= 15 is 0 Å². The number of carbonyl (C=O) groups is 1. The van der Waals surface area contributed by atoms with Crippen molar-refractivity contribution in [1.82, 2.24) is 24.6 Å². The fourth-order valence-electron chi connectivity index (χ4n) is 2.67. The number of hydrogen-bond acceptors (Lipinski definition) is 5. The fourth-order valence-corrected chi connectivity index (χ4v) is 2.67. The number of hydrogen-bond donors (Lipinski definition) is 2. The smallest absolute Gasteiger partial charge is 0.326 e. The van der Waals surface area contributed by atoms with Gasteiger partial charge in [-0.1, -0.05) is 0 Å². The molecule has 1 amide bonds. The van der Waals surface area contributed by atoms with Crippen molar-refractivity contribution in [3.63, 3.8) is 0 Å². The number of nitrogens with one attached hydrogen (secondary N) is 2. The summed E-state index contributed by atoms with van der Waals surface area (Å²) in [7, 11) is 1.55. The second-order valence-corrected chi connectivity index (χ2v) is 5.69. The number of aromatic nitrogens is 4. The molecule has 2 aromatic rings. The van der Waals surface area contributed by atoms with Crippen LogP contribution in [-0.4, -0.2) is 50.8 Å². The quantitative estimate of drug-likeness (QED) is 0.741. The monoisotopic (exact) mass is 349 g/mol. The number of amides is 1. The van der Waals surface area contributed by atoms with Gasteiger partial charge in [-0.05, 0) is 20.8 Å². The zero-order valence-electron chi connectivity index (χ0n) is 14.9. The highest BCUT2D eigenvalue weighted by molar-refractivity contribution is 5.92. The van der Waals surface area contributed by atoms with Gasteiger partial charge in [-0.3, -0.25) is 19.3 Å². The molecule has 2 N–H and O–H groups in total. The van der Waals surface area contributed by atoms with Crippen molar-refractivity contribution in [2.75, 3.05) is 20.3 Å². The lowest BCUT2D eigenvalue weighted by atomic mass is 10.1. The van der Waals surface area contributed by atoms with Gasteiger partial charge in [-0.2, -0.15) is 5.10 Å². The summed E-state index contributed by atoms with van der Waals surface area (Å²) in [5.41, 5.74) is 1.38. The molecule has 0 bridgehead atoms. The predicted molar refractivity (Wildman–Crippen MR) is 91.7 cm³/mol. The summed E-state index contributed by atoms with van der Waals surface area (Å²) in [6.45, 7) is 7.54. The van der Waals surface area contributed by atoms with Crippen LogP contribution < -0.4 is 11.2 Å². The van der Waals surface area contributed by atoms with Crippen LogP contribution >= 0.6 is 0 Å². The van der Waals surface area contributed by atoms with E-state index in [1.54, 1.807) is 7.11 Å². The molecule has 136 valence electrons. The standard InChI is InChI=1S/C16H23N5O4/c1-5-21-11(3)12(10(2)19-21)9-20(6-7-25-4)15(23)13-8-14(22)18-16(24)17-13/h8H,5-7,9H2,1-4H3,(H2,17,18,22,24). The van der Waals surface area contributed by atoms with Crippen molar-refractivity contribution in [3.05, 3.63) is 49.5 Å². The molecule has 9 heteroatoms.